The lowest BCUT2D eigenvalue weighted by molar-refractivity contribution is -0.142. The number of carboxylic acids is 1. The first-order valence-electron chi connectivity index (χ1n) is 7.42. The van der Waals surface area contributed by atoms with Crippen molar-refractivity contribution in [3.63, 3.8) is 0 Å². The van der Waals surface area contributed by atoms with Gasteiger partial charge in [-0.3, -0.25) is 4.79 Å². The van der Waals surface area contributed by atoms with Crippen LogP contribution in [-0.4, -0.2) is 36.1 Å². The smallest absolute Gasteiger partial charge is 0.326 e. The first-order valence-corrected chi connectivity index (χ1v) is 7.42. The van der Waals surface area contributed by atoms with Crippen molar-refractivity contribution >= 4 is 11.9 Å². The number of benzene rings is 1. The highest BCUT2D eigenvalue weighted by Crippen LogP contribution is 2.15. The van der Waals surface area contributed by atoms with Crippen LogP contribution >= 0.6 is 0 Å². The van der Waals surface area contributed by atoms with E-state index in [4.69, 9.17) is 0 Å². The zero-order valence-corrected chi connectivity index (χ0v) is 12.0. The largest absolute Gasteiger partial charge is 0.480 e. The first kappa shape index (κ1) is 15.5. The van der Waals surface area contributed by atoms with Gasteiger partial charge in [-0.2, -0.15) is 0 Å². The number of amides is 1. The average molecular weight is 290 g/mol. The average Bonchev–Trinajstić information content (AvgIpc) is 2.48. The van der Waals surface area contributed by atoms with E-state index in [2.05, 4.69) is 10.6 Å². The number of nitrogens with one attached hydrogen (secondary N) is 2. The van der Waals surface area contributed by atoms with E-state index in [1.165, 1.54) is 0 Å². The maximum Gasteiger partial charge on any atom is 0.326 e. The summed E-state index contributed by atoms with van der Waals surface area (Å²) in [6, 6.07) is 8.50. The molecule has 5 nitrogen and oxygen atoms in total. The van der Waals surface area contributed by atoms with E-state index >= 15 is 0 Å². The molecule has 1 heterocycles. The zero-order chi connectivity index (χ0) is 15.1. The van der Waals surface area contributed by atoms with Crippen LogP contribution in [0.1, 0.15) is 24.8 Å². The summed E-state index contributed by atoms with van der Waals surface area (Å²) in [4.78, 5) is 23.3. The lowest BCUT2D eigenvalue weighted by Gasteiger charge is -2.23. The van der Waals surface area contributed by atoms with Crippen LogP contribution in [0.25, 0.3) is 0 Å². The summed E-state index contributed by atoms with van der Waals surface area (Å²) in [5.41, 5.74) is 0.909. The van der Waals surface area contributed by atoms with Crippen LogP contribution in [0.2, 0.25) is 0 Å². The number of rotatable bonds is 6. The maximum absolute atomic E-state index is 12.0. The van der Waals surface area contributed by atoms with Gasteiger partial charge in [-0.1, -0.05) is 30.3 Å². The van der Waals surface area contributed by atoms with Crippen molar-refractivity contribution in [2.45, 2.75) is 31.7 Å². The van der Waals surface area contributed by atoms with Gasteiger partial charge in [0.15, 0.2) is 0 Å². The van der Waals surface area contributed by atoms with Crippen molar-refractivity contribution < 1.29 is 14.7 Å². The number of aliphatic carboxylic acids is 1. The van der Waals surface area contributed by atoms with Gasteiger partial charge in [-0.05, 0) is 37.4 Å². The van der Waals surface area contributed by atoms with E-state index in [1.807, 2.05) is 30.3 Å². The summed E-state index contributed by atoms with van der Waals surface area (Å²) in [5.74, 6) is -0.792. The fraction of sp³-hybridized carbons (Fsp3) is 0.500. The van der Waals surface area contributed by atoms with Gasteiger partial charge >= 0.3 is 5.97 Å². The summed E-state index contributed by atoms with van der Waals surface area (Å²) in [6.07, 6.45) is 2.68. The summed E-state index contributed by atoms with van der Waals surface area (Å²) >= 11 is 0. The van der Waals surface area contributed by atoms with Gasteiger partial charge in [-0.25, -0.2) is 4.79 Å². The Morgan fingerprint density at radius 3 is 2.52 bits per heavy atom. The Morgan fingerprint density at radius 1 is 1.24 bits per heavy atom. The highest BCUT2D eigenvalue weighted by atomic mass is 16.4. The quantitative estimate of drug-likeness (QED) is 0.735. The standard InChI is InChI=1S/C16H22N2O3/c19-15(11-13-6-8-17-9-7-13)18-14(16(20)21)10-12-4-2-1-3-5-12/h1-5,13-14,17H,6-11H2,(H,18,19)(H,20,21)/t14-/m1/s1. The summed E-state index contributed by atoms with van der Waals surface area (Å²) in [7, 11) is 0. The van der Waals surface area contributed by atoms with Crippen LogP contribution < -0.4 is 10.6 Å². The molecule has 0 aromatic heterocycles. The molecule has 0 saturated carbocycles. The van der Waals surface area contributed by atoms with E-state index in [9.17, 15) is 14.7 Å². The number of hydrogen-bond acceptors (Lipinski definition) is 3. The Morgan fingerprint density at radius 2 is 1.90 bits per heavy atom. The van der Waals surface area contributed by atoms with Crippen LogP contribution in [0.4, 0.5) is 0 Å². The number of hydrogen-bond donors (Lipinski definition) is 3. The van der Waals surface area contributed by atoms with Crippen molar-refractivity contribution in [2.24, 2.45) is 5.92 Å². The first-order chi connectivity index (χ1) is 10.1. The second-order valence-corrected chi connectivity index (χ2v) is 5.55. The number of carboxylic acid groups (broad SMARTS) is 1. The van der Waals surface area contributed by atoms with Crippen molar-refractivity contribution in [1.82, 2.24) is 10.6 Å². The SMILES string of the molecule is O=C(CC1CCNCC1)N[C@H](Cc1ccccc1)C(=O)O. The van der Waals surface area contributed by atoms with Crippen LogP contribution in [0.15, 0.2) is 30.3 Å². The second kappa shape index (κ2) is 7.78. The van der Waals surface area contributed by atoms with Gasteiger partial charge in [0.25, 0.3) is 0 Å². The molecule has 2 rings (SSSR count). The second-order valence-electron chi connectivity index (χ2n) is 5.55. The molecule has 1 aliphatic rings. The van der Waals surface area contributed by atoms with Crippen LogP contribution in [0.3, 0.4) is 0 Å². The minimum Gasteiger partial charge on any atom is -0.480 e. The van der Waals surface area contributed by atoms with E-state index in [0.717, 1.165) is 31.5 Å². The highest BCUT2D eigenvalue weighted by molar-refractivity contribution is 5.83. The van der Waals surface area contributed by atoms with Gasteiger partial charge in [0.1, 0.15) is 6.04 Å². The van der Waals surface area contributed by atoms with Crippen LogP contribution in [0.5, 0.6) is 0 Å². The molecule has 1 aliphatic heterocycles. The van der Waals surface area contributed by atoms with E-state index in [-0.39, 0.29) is 5.91 Å². The topological polar surface area (TPSA) is 78.4 Å². The van der Waals surface area contributed by atoms with E-state index < -0.39 is 12.0 Å². The summed E-state index contributed by atoms with van der Waals surface area (Å²) < 4.78 is 0. The lowest BCUT2D eigenvalue weighted by Crippen LogP contribution is -2.43. The molecule has 0 unspecified atom stereocenters. The summed E-state index contributed by atoms with van der Waals surface area (Å²) in [5, 5.41) is 15.2. The predicted molar refractivity (Wildman–Crippen MR) is 79.9 cm³/mol. The van der Waals surface area contributed by atoms with Crippen LogP contribution in [0, 0.1) is 5.92 Å². The highest BCUT2D eigenvalue weighted by Gasteiger charge is 2.23. The molecule has 1 aromatic rings. The molecule has 0 radical (unpaired) electrons. The van der Waals surface area contributed by atoms with E-state index in [0.29, 0.717) is 18.8 Å². The molecule has 1 amide bonds. The van der Waals surface area contributed by atoms with Gasteiger partial charge < -0.3 is 15.7 Å². The molecular weight excluding hydrogens is 268 g/mol. The monoisotopic (exact) mass is 290 g/mol. The Hall–Kier alpha value is -1.88. The third-order valence-electron chi connectivity index (χ3n) is 3.85. The molecule has 0 spiro atoms. The molecule has 1 fully saturated rings. The normalized spacial score (nSPS) is 17.1. The molecule has 0 bridgehead atoms. The molecule has 21 heavy (non-hydrogen) atoms. The van der Waals surface area contributed by atoms with Crippen molar-refractivity contribution in [3.05, 3.63) is 35.9 Å². The van der Waals surface area contributed by atoms with Gasteiger partial charge in [0, 0.05) is 12.8 Å². The zero-order valence-electron chi connectivity index (χ0n) is 12.0. The molecule has 1 aromatic carbocycles. The van der Waals surface area contributed by atoms with E-state index in [1.54, 1.807) is 0 Å². The molecular formula is C16H22N2O3. The fourth-order valence-electron chi connectivity index (χ4n) is 2.65. The van der Waals surface area contributed by atoms with Gasteiger partial charge in [0.05, 0.1) is 0 Å². The Kier molecular flexibility index (Phi) is 5.75. The lowest BCUT2D eigenvalue weighted by atomic mass is 9.94. The van der Waals surface area contributed by atoms with Crippen molar-refractivity contribution in [1.29, 1.82) is 0 Å². The van der Waals surface area contributed by atoms with Crippen LogP contribution in [-0.2, 0) is 16.0 Å². The third kappa shape index (κ3) is 5.19. The third-order valence-corrected chi connectivity index (χ3v) is 3.85. The Labute approximate surface area is 124 Å². The molecule has 1 saturated heterocycles. The molecule has 0 aliphatic carbocycles. The van der Waals surface area contributed by atoms with Gasteiger partial charge in [0.2, 0.25) is 5.91 Å². The molecule has 3 N–H and O–H groups in total. The van der Waals surface area contributed by atoms with Crippen molar-refractivity contribution in [2.75, 3.05) is 13.1 Å². The molecule has 114 valence electrons. The van der Waals surface area contributed by atoms with Gasteiger partial charge in [-0.15, -0.1) is 0 Å². The minimum absolute atomic E-state index is 0.162. The number of piperidine rings is 1. The fourth-order valence-corrected chi connectivity index (χ4v) is 2.65. The maximum atomic E-state index is 12.0. The Balaban J connectivity index is 1.86. The predicted octanol–water partition coefficient (Wildman–Crippen LogP) is 1.19. The minimum atomic E-state index is -0.988. The Bertz CT molecular complexity index is 470. The number of carbonyl (C=O) groups excluding carboxylic acids is 1. The van der Waals surface area contributed by atoms with Crippen molar-refractivity contribution in [3.8, 4) is 0 Å². The molecule has 1 atom stereocenters. The molecule has 5 heteroatoms. The number of carbonyl (C=O) groups is 2. The summed E-state index contributed by atoms with van der Waals surface area (Å²) in [6.45, 7) is 1.87.